The lowest BCUT2D eigenvalue weighted by molar-refractivity contribution is 0.776. The first-order valence-electron chi connectivity index (χ1n) is 22.0. The maximum absolute atomic E-state index is 2.52. The molecule has 0 radical (unpaired) electrons. The van der Waals surface area contributed by atoms with Crippen molar-refractivity contribution in [3.05, 3.63) is 265 Å². The zero-order valence-electron chi connectivity index (χ0n) is 34.9. The summed E-state index contributed by atoms with van der Waals surface area (Å²) in [5, 5.41) is 2.65. The molecule has 0 aliphatic heterocycles. The van der Waals surface area contributed by atoms with E-state index in [-0.39, 0.29) is 0 Å². The number of rotatable bonds is 6. The van der Waals surface area contributed by atoms with Gasteiger partial charge < -0.3 is 9.80 Å². The van der Waals surface area contributed by atoms with Crippen molar-refractivity contribution in [2.75, 3.05) is 9.80 Å². The van der Waals surface area contributed by atoms with Crippen LogP contribution in [0.15, 0.2) is 243 Å². The van der Waals surface area contributed by atoms with Gasteiger partial charge in [-0.25, -0.2) is 0 Å². The molecule has 0 unspecified atom stereocenters. The summed E-state index contributed by atoms with van der Waals surface area (Å²) in [5.74, 6) is 0. The highest BCUT2D eigenvalue weighted by molar-refractivity contribution is 7.26. The summed E-state index contributed by atoms with van der Waals surface area (Å²) in [5.41, 5.74) is 18.6. The molecule has 0 atom stereocenters. The monoisotopic (exact) mass is 832 g/mol. The van der Waals surface area contributed by atoms with Crippen LogP contribution in [-0.2, 0) is 5.41 Å². The van der Waals surface area contributed by atoms with E-state index < -0.39 is 5.41 Å². The van der Waals surface area contributed by atoms with Gasteiger partial charge in [0.2, 0.25) is 0 Å². The van der Waals surface area contributed by atoms with Gasteiger partial charge in [-0.1, -0.05) is 158 Å². The van der Waals surface area contributed by atoms with Crippen LogP contribution in [0, 0.1) is 0 Å². The minimum absolute atomic E-state index is 0.725. The number of hydrogen-bond donors (Lipinski definition) is 0. The molecule has 0 bridgehead atoms. The number of para-hydroxylation sites is 4. The molecule has 0 amide bonds. The van der Waals surface area contributed by atoms with Gasteiger partial charge in [0, 0.05) is 54.3 Å². The van der Waals surface area contributed by atoms with E-state index in [1.54, 1.807) is 0 Å². The normalized spacial score (nSPS) is 12.8. The fraction of sp³-hybridized carbons (Fsp3) is 0.0164. The zero-order chi connectivity index (χ0) is 42.2. The van der Waals surface area contributed by atoms with Gasteiger partial charge >= 0.3 is 0 Å². The Morgan fingerprint density at radius 2 is 0.719 bits per heavy atom. The third-order valence-corrected chi connectivity index (χ3v) is 14.6. The third kappa shape index (κ3) is 5.38. The predicted octanol–water partition coefficient (Wildman–Crippen LogP) is 17.0. The van der Waals surface area contributed by atoms with Gasteiger partial charge in [-0.05, 0) is 141 Å². The molecule has 0 saturated carbocycles. The molecule has 2 aliphatic rings. The lowest BCUT2D eigenvalue weighted by Crippen LogP contribution is -2.30. The average molecular weight is 833 g/mol. The lowest BCUT2D eigenvalue weighted by Gasteiger charge is -2.37. The molecule has 0 N–H and O–H groups in total. The Morgan fingerprint density at radius 3 is 1.23 bits per heavy atom. The van der Waals surface area contributed by atoms with Crippen molar-refractivity contribution in [2.45, 2.75) is 5.41 Å². The van der Waals surface area contributed by atoms with Crippen molar-refractivity contribution < 1.29 is 0 Å². The maximum Gasteiger partial charge on any atom is 0.0727 e. The molecule has 0 fully saturated rings. The molecule has 2 aliphatic carbocycles. The maximum atomic E-state index is 2.52. The van der Waals surface area contributed by atoms with Crippen LogP contribution < -0.4 is 9.80 Å². The van der Waals surface area contributed by atoms with E-state index >= 15 is 0 Å². The molecular formula is C61H40N2S. The Morgan fingerprint density at radius 1 is 0.281 bits per heavy atom. The van der Waals surface area contributed by atoms with Gasteiger partial charge in [0.1, 0.15) is 0 Å². The van der Waals surface area contributed by atoms with E-state index in [1.165, 1.54) is 75.8 Å². The van der Waals surface area contributed by atoms with Crippen molar-refractivity contribution in [1.82, 2.24) is 0 Å². The van der Waals surface area contributed by atoms with Gasteiger partial charge in [0.15, 0.2) is 0 Å². The topological polar surface area (TPSA) is 6.48 Å². The van der Waals surface area contributed by atoms with Crippen LogP contribution in [0.25, 0.3) is 53.6 Å². The highest BCUT2D eigenvalue weighted by atomic mass is 32.1. The number of fused-ring (bicyclic) bond motifs is 16. The Balaban J connectivity index is 1.21. The molecule has 10 aromatic carbocycles. The molecule has 64 heavy (non-hydrogen) atoms. The summed E-state index contributed by atoms with van der Waals surface area (Å²) >= 11 is 1.89. The number of thiophene rings is 1. The SMILES string of the molecule is c1ccc(N(c2ccccc2)c2ccc3c(c2)C2(c4cc(N(c5ccccc5)c5ccccc5)ccc4-c4ccccc4-3)c3ccccc3-c3c2ccc2sc4ccccc4c32)cc1. The van der Waals surface area contributed by atoms with E-state index in [4.69, 9.17) is 0 Å². The predicted molar refractivity (Wildman–Crippen MR) is 270 cm³/mol. The Bertz CT molecular complexity index is 3330. The van der Waals surface area contributed by atoms with E-state index in [2.05, 4.69) is 252 Å². The Kier molecular flexibility index (Phi) is 8.34. The molecule has 3 heteroatoms. The van der Waals surface area contributed by atoms with Gasteiger partial charge in [0.25, 0.3) is 0 Å². The van der Waals surface area contributed by atoms with Crippen LogP contribution in [0.2, 0.25) is 0 Å². The minimum Gasteiger partial charge on any atom is -0.310 e. The first kappa shape index (κ1) is 36.7. The molecule has 1 spiro atoms. The van der Waals surface area contributed by atoms with Crippen molar-refractivity contribution in [1.29, 1.82) is 0 Å². The average Bonchev–Trinajstić information content (AvgIpc) is 3.86. The van der Waals surface area contributed by atoms with E-state index in [0.29, 0.717) is 0 Å². The van der Waals surface area contributed by atoms with Gasteiger partial charge in [-0.15, -0.1) is 11.3 Å². The van der Waals surface area contributed by atoms with Crippen LogP contribution in [0.3, 0.4) is 0 Å². The number of nitrogens with zero attached hydrogens (tertiary/aromatic N) is 2. The molecule has 11 aromatic rings. The second-order valence-electron chi connectivity index (χ2n) is 16.8. The summed E-state index contributed by atoms with van der Waals surface area (Å²) < 4.78 is 2.62. The van der Waals surface area contributed by atoms with Crippen molar-refractivity contribution >= 4 is 65.6 Å². The largest absolute Gasteiger partial charge is 0.310 e. The van der Waals surface area contributed by atoms with Gasteiger partial charge in [-0.2, -0.15) is 0 Å². The highest BCUT2D eigenvalue weighted by Gasteiger charge is 2.51. The summed E-state index contributed by atoms with van der Waals surface area (Å²) in [6.45, 7) is 0. The minimum atomic E-state index is -0.725. The molecule has 1 aromatic heterocycles. The van der Waals surface area contributed by atoms with E-state index in [9.17, 15) is 0 Å². The fourth-order valence-electron chi connectivity index (χ4n) is 10.9. The number of anilines is 6. The number of benzene rings is 10. The first-order valence-corrected chi connectivity index (χ1v) is 22.8. The van der Waals surface area contributed by atoms with Crippen LogP contribution in [0.4, 0.5) is 34.1 Å². The van der Waals surface area contributed by atoms with Gasteiger partial charge in [0.05, 0.1) is 5.41 Å². The van der Waals surface area contributed by atoms with Crippen molar-refractivity contribution in [3.8, 4) is 33.4 Å². The molecule has 0 saturated heterocycles. The van der Waals surface area contributed by atoms with Crippen LogP contribution in [-0.4, -0.2) is 0 Å². The zero-order valence-corrected chi connectivity index (χ0v) is 35.7. The Hall–Kier alpha value is -7.98. The molecule has 300 valence electrons. The Labute approximate surface area is 377 Å². The number of hydrogen-bond acceptors (Lipinski definition) is 3. The van der Waals surface area contributed by atoms with Crippen molar-refractivity contribution in [3.63, 3.8) is 0 Å². The van der Waals surface area contributed by atoms with Crippen molar-refractivity contribution in [2.24, 2.45) is 0 Å². The second-order valence-corrected chi connectivity index (χ2v) is 17.9. The summed E-state index contributed by atoms with van der Waals surface area (Å²) in [7, 11) is 0. The quantitative estimate of drug-likeness (QED) is 0.165. The summed E-state index contributed by atoms with van der Waals surface area (Å²) in [6.07, 6.45) is 0. The van der Waals surface area contributed by atoms with Crippen LogP contribution in [0.1, 0.15) is 22.3 Å². The second kappa shape index (κ2) is 14.6. The van der Waals surface area contributed by atoms with E-state index in [1.807, 2.05) is 11.3 Å². The smallest absolute Gasteiger partial charge is 0.0727 e. The first-order chi connectivity index (χ1) is 31.8. The summed E-state index contributed by atoms with van der Waals surface area (Å²) in [4.78, 5) is 4.82. The van der Waals surface area contributed by atoms with E-state index in [0.717, 1.165) is 34.1 Å². The fourth-order valence-corrected chi connectivity index (χ4v) is 12.0. The van der Waals surface area contributed by atoms with Crippen LogP contribution >= 0.6 is 11.3 Å². The van der Waals surface area contributed by atoms with Gasteiger partial charge in [-0.3, -0.25) is 0 Å². The summed E-state index contributed by atoms with van der Waals surface area (Å²) in [6, 6.07) is 89.8. The standard InChI is InChI=1S/C61H40N2S/c1-5-19-41(20-6-1)62(42-21-7-2-8-22-42)45-33-35-49-47-27-13-14-28-48(47)50-36-34-46(63(43-23-9-3-10-24-43)44-25-11-4-12-26-44)40-56(50)61(55(49)39-45)53-31-17-15-29-51(53)59-54(61)37-38-58-60(59)52-30-16-18-32-57(52)64-58/h1-40H. The van der Waals surface area contributed by atoms with Crippen LogP contribution in [0.5, 0.6) is 0 Å². The molecule has 2 nitrogen and oxygen atoms in total. The third-order valence-electron chi connectivity index (χ3n) is 13.4. The lowest BCUT2D eigenvalue weighted by atomic mass is 9.65. The highest BCUT2D eigenvalue weighted by Crippen LogP contribution is 2.64. The molecule has 13 rings (SSSR count). The molecule has 1 heterocycles. The molecular weight excluding hydrogens is 793 g/mol.